The molecule has 0 amide bonds. The highest BCUT2D eigenvalue weighted by molar-refractivity contribution is 9.10. The van der Waals surface area contributed by atoms with E-state index >= 15 is 0 Å². The third-order valence-electron chi connectivity index (χ3n) is 2.98. The molecule has 0 radical (unpaired) electrons. The second kappa shape index (κ2) is 6.12. The summed E-state index contributed by atoms with van der Waals surface area (Å²) >= 11 is 3.64. The van der Waals surface area contributed by atoms with Crippen molar-refractivity contribution in [1.29, 1.82) is 0 Å². The molecule has 0 saturated carbocycles. The maximum absolute atomic E-state index is 5.29. The number of aromatic nitrogens is 2. The van der Waals surface area contributed by atoms with Crippen LogP contribution in [0.15, 0.2) is 35.1 Å². The van der Waals surface area contributed by atoms with E-state index in [1.54, 1.807) is 19.5 Å². The Balaban J connectivity index is 2.53. The number of aryl methyl sites for hydroxylation is 1. The molecule has 0 aliphatic heterocycles. The lowest BCUT2D eigenvalue weighted by atomic mass is 10.0. The van der Waals surface area contributed by atoms with E-state index in [0.29, 0.717) is 5.88 Å². The molecule has 19 heavy (non-hydrogen) atoms. The number of halogens is 1. The first-order valence-corrected chi connectivity index (χ1v) is 6.75. The molecule has 0 spiro atoms. The van der Waals surface area contributed by atoms with E-state index in [-0.39, 0.29) is 6.04 Å². The fourth-order valence-electron chi connectivity index (χ4n) is 2.02. The third kappa shape index (κ3) is 2.77. The highest BCUT2D eigenvalue weighted by Gasteiger charge is 2.21. The number of hydrogen-bond donors (Lipinski definition) is 1. The molecule has 1 unspecified atom stereocenters. The number of benzene rings is 1. The van der Waals surface area contributed by atoms with Crippen molar-refractivity contribution in [1.82, 2.24) is 15.3 Å². The topological polar surface area (TPSA) is 47.0 Å². The van der Waals surface area contributed by atoms with Crippen molar-refractivity contribution >= 4 is 15.9 Å². The zero-order valence-corrected chi connectivity index (χ0v) is 12.7. The summed E-state index contributed by atoms with van der Waals surface area (Å²) in [6.07, 6.45) is 3.30. The van der Waals surface area contributed by atoms with Crippen molar-refractivity contribution in [2.24, 2.45) is 0 Å². The van der Waals surface area contributed by atoms with Crippen LogP contribution >= 0.6 is 15.9 Å². The highest BCUT2D eigenvalue weighted by Crippen LogP contribution is 2.32. The van der Waals surface area contributed by atoms with Crippen LogP contribution in [0.2, 0.25) is 0 Å². The Morgan fingerprint density at radius 1 is 1.26 bits per heavy atom. The van der Waals surface area contributed by atoms with E-state index in [4.69, 9.17) is 4.74 Å². The zero-order valence-electron chi connectivity index (χ0n) is 11.1. The summed E-state index contributed by atoms with van der Waals surface area (Å²) in [6.45, 7) is 2.06. The molecule has 4 nitrogen and oxygen atoms in total. The van der Waals surface area contributed by atoms with Crippen LogP contribution in [0.25, 0.3) is 0 Å². The van der Waals surface area contributed by atoms with Gasteiger partial charge in [0.25, 0.3) is 0 Å². The molecular weight excluding hydrogens is 306 g/mol. The molecule has 1 N–H and O–H groups in total. The molecule has 1 aromatic carbocycles. The lowest BCUT2D eigenvalue weighted by molar-refractivity contribution is 0.384. The Bertz CT molecular complexity index is 574. The summed E-state index contributed by atoms with van der Waals surface area (Å²) < 4.78 is 6.36. The average Bonchev–Trinajstić information content (AvgIpc) is 2.45. The van der Waals surface area contributed by atoms with Crippen LogP contribution in [0.3, 0.4) is 0 Å². The van der Waals surface area contributed by atoms with Crippen LogP contribution in [0.4, 0.5) is 0 Å². The molecule has 1 atom stereocenters. The number of ether oxygens (including phenoxy) is 1. The van der Waals surface area contributed by atoms with Gasteiger partial charge in [-0.05, 0) is 25.1 Å². The minimum atomic E-state index is -0.0714. The largest absolute Gasteiger partial charge is 0.480 e. The zero-order chi connectivity index (χ0) is 13.8. The van der Waals surface area contributed by atoms with Crippen LogP contribution in [-0.2, 0) is 0 Å². The summed E-state index contributed by atoms with van der Waals surface area (Å²) in [5.74, 6) is 0.537. The molecule has 0 bridgehead atoms. The maximum atomic E-state index is 5.29. The lowest BCUT2D eigenvalue weighted by Crippen LogP contribution is -2.20. The summed E-state index contributed by atoms with van der Waals surface area (Å²) in [5, 5.41) is 3.26. The van der Waals surface area contributed by atoms with Gasteiger partial charge in [-0.3, -0.25) is 4.98 Å². The van der Waals surface area contributed by atoms with Gasteiger partial charge < -0.3 is 10.1 Å². The van der Waals surface area contributed by atoms with Crippen LogP contribution < -0.4 is 10.1 Å². The van der Waals surface area contributed by atoms with E-state index in [1.165, 1.54) is 5.56 Å². The molecular formula is C14H16BrN3O. The first-order chi connectivity index (χ1) is 9.19. The molecule has 0 aliphatic rings. The first-order valence-electron chi connectivity index (χ1n) is 5.96. The van der Waals surface area contributed by atoms with Crippen molar-refractivity contribution in [2.75, 3.05) is 14.2 Å². The monoisotopic (exact) mass is 321 g/mol. The Morgan fingerprint density at radius 3 is 2.68 bits per heavy atom. The van der Waals surface area contributed by atoms with Gasteiger partial charge in [-0.25, -0.2) is 4.98 Å². The lowest BCUT2D eigenvalue weighted by Gasteiger charge is -2.19. The fraction of sp³-hybridized carbons (Fsp3) is 0.286. The Morgan fingerprint density at radius 2 is 2.00 bits per heavy atom. The number of nitrogens with one attached hydrogen (secondary N) is 1. The first kappa shape index (κ1) is 14.0. The molecule has 0 aliphatic carbocycles. The third-order valence-corrected chi connectivity index (χ3v) is 4.06. The Hall–Kier alpha value is -1.46. The van der Waals surface area contributed by atoms with Crippen molar-refractivity contribution in [3.05, 3.63) is 51.9 Å². The SMILES string of the molecule is CNC(c1cccc(C)c1Br)c1nccnc1OC. The molecule has 2 aromatic rings. The molecule has 2 rings (SSSR count). The van der Waals surface area contributed by atoms with Crippen molar-refractivity contribution in [3.63, 3.8) is 0 Å². The van der Waals surface area contributed by atoms with Crippen LogP contribution in [0, 0.1) is 6.92 Å². The van der Waals surface area contributed by atoms with Crippen LogP contribution in [0.5, 0.6) is 5.88 Å². The second-order valence-electron chi connectivity index (χ2n) is 4.15. The average molecular weight is 322 g/mol. The molecule has 100 valence electrons. The van der Waals surface area contributed by atoms with Gasteiger partial charge in [0.15, 0.2) is 0 Å². The standard InChI is InChI=1S/C14H16BrN3O/c1-9-5-4-6-10(11(9)15)12(16-2)13-14(19-3)18-8-7-17-13/h4-8,12,16H,1-3H3. The summed E-state index contributed by atoms with van der Waals surface area (Å²) in [7, 11) is 3.50. The van der Waals surface area contributed by atoms with Gasteiger partial charge in [0.05, 0.1) is 13.2 Å². The van der Waals surface area contributed by atoms with E-state index in [2.05, 4.69) is 50.3 Å². The summed E-state index contributed by atoms with van der Waals surface area (Å²) in [6, 6.07) is 6.08. The van der Waals surface area contributed by atoms with E-state index in [9.17, 15) is 0 Å². The van der Waals surface area contributed by atoms with Gasteiger partial charge >= 0.3 is 0 Å². The molecule has 0 saturated heterocycles. The van der Waals surface area contributed by atoms with Crippen LogP contribution in [0.1, 0.15) is 22.9 Å². The number of rotatable bonds is 4. The van der Waals surface area contributed by atoms with Gasteiger partial charge in [0.1, 0.15) is 5.69 Å². The smallest absolute Gasteiger partial charge is 0.237 e. The molecule has 1 aromatic heterocycles. The van der Waals surface area contributed by atoms with Crippen LogP contribution in [-0.4, -0.2) is 24.1 Å². The van der Waals surface area contributed by atoms with Crippen molar-refractivity contribution in [2.45, 2.75) is 13.0 Å². The minimum absolute atomic E-state index is 0.0714. The van der Waals surface area contributed by atoms with E-state index < -0.39 is 0 Å². The Labute approximate surface area is 121 Å². The summed E-state index contributed by atoms with van der Waals surface area (Å²) in [5.41, 5.74) is 3.07. The van der Waals surface area contributed by atoms with Crippen molar-refractivity contribution < 1.29 is 4.74 Å². The summed E-state index contributed by atoms with van der Waals surface area (Å²) in [4.78, 5) is 8.60. The second-order valence-corrected chi connectivity index (χ2v) is 4.94. The Kier molecular flexibility index (Phi) is 4.50. The number of hydrogen-bond acceptors (Lipinski definition) is 4. The molecule has 1 heterocycles. The van der Waals surface area contributed by atoms with Gasteiger partial charge in [-0.15, -0.1) is 0 Å². The predicted octanol–water partition coefficient (Wildman–Crippen LogP) is 2.86. The van der Waals surface area contributed by atoms with E-state index in [0.717, 1.165) is 15.7 Å². The van der Waals surface area contributed by atoms with Gasteiger partial charge in [0, 0.05) is 16.9 Å². The number of methoxy groups -OCH3 is 1. The fourth-order valence-corrected chi connectivity index (χ4v) is 2.52. The number of nitrogens with zero attached hydrogens (tertiary/aromatic N) is 2. The van der Waals surface area contributed by atoms with Gasteiger partial charge in [-0.2, -0.15) is 0 Å². The van der Waals surface area contributed by atoms with Crippen molar-refractivity contribution in [3.8, 4) is 5.88 Å². The maximum Gasteiger partial charge on any atom is 0.237 e. The highest BCUT2D eigenvalue weighted by atomic mass is 79.9. The van der Waals surface area contributed by atoms with Gasteiger partial charge in [0.2, 0.25) is 5.88 Å². The van der Waals surface area contributed by atoms with E-state index in [1.807, 2.05) is 13.1 Å². The molecule has 0 fully saturated rings. The quantitative estimate of drug-likeness (QED) is 0.940. The predicted molar refractivity (Wildman–Crippen MR) is 78.4 cm³/mol. The normalized spacial score (nSPS) is 12.2. The molecule has 5 heteroatoms. The van der Waals surface area contributed by atoms with Gasteiger partial charge in [-0.1, -0.05) is 34.1 Å². The minimum Gasteiger partial charge on any atom is -0.480 e.